The lowest BCUT2D eigenvalue weighted by Crippen LogP contribution is -2.35. The SMILES string of the molecule is CCC(C)(OCc1ccccc1)C(C)=O. The van der Waals surface area contributed by atoms with Crippen LogP contribution >= 0.6 is 0 Å². The second-order valence-corrected chi connectivity index (χ2v) is 3.91. The van der Waals surface area contributed by atoms with Crippen LogP contribution in [0.5, 0.6) is 0 Å². The first-order valence-corrected chi connectivity index (χ1v) is 5.27. The standard InChI is InChI=1S/C13H18O2/c1-4-13(3,11(2)14)15-10-12-8-6-5-7-9-12/h5-9H,4,10H2,1-3H3. The number of carbonyl (C=O) groups excluding carboxylic acids is 1. The molecule has 1 unspecified atom stereocenters. The zero-order valence-electron chi connectivity index (χ0n) is 9.62. The Bertz CT molecular complexity index is 319. The molecule has 0 saturated heterocycles. The molecular formula is C13H18O2. The van der Waals surface area contributed by atoms with Gasteiger partial charge in [-0.3, -0.25) is 4.79 Å². The van der Waals surface area contributed by atoms with Gasteiger partial charge in [0, 0.05) is 0 Å². The molecule has 0 saturated carbocycles. The van der Waals surface area contributed by atoms with Crippen LogP contribution in [0.1, 0.15) is 32.8 Å². The van der Waals surface area contributed by atoms with E-state index >= 15 is 0 Å². The number of hydrogen-bond donors (Lipinski definition) is 0. The first-order valence-electron chi connectivity index (χ1n) is 5.27. The lowest BCUT2D eigenvalue weighted by atomic mass is 9.98. The molecule has 0 aromatic heterocycles. The molecule has 0 N–H and O–H groups in total. The summed E-state index contributed by atoms with van der Waals surface area (Å²) in [6, 6.07) is 9.89. The molecule has 0 amide bonds. The zero-order valence-corrected chi connectivity index (χ0v) is 9.62. The van der Waals surface area contributed by atoms with Crippen LogP contribution in [-0.2, 0) is 16.1 Å². The van der Waals surface area contributed by atoms with Crippen molar-refractivity contribution < 1.29 is 9.53 Å². The van der Waals surface area contributed by atoms with Crippen LogP contribution < -0.4 is 0 Å². The van der Waals surface area contributed by atoms with Gasteiger partial charge in [0.15, 0.2) is 5.78 Å². The fraction of sp³-hybridized carbons (Fsp3) is 0.462. The summed E-state index contributed by atoms with van der Waals surface area (Å²) in [5.41, 5.74) is 0.453. The third-order valence-electron chi connectivity index (χ3n) is 2.82. The Balaban J connectivity index is 2.59. The summed E-state index contributed by atoms with van der Waals surface area (Å²) in [6.45, 7) is 5.88. The molecular weight excluding hydrogens is 188 g/mol. The highest BCUT2D eigenvalue weighted by Gasteiger charge is 2.28. The van der Waals surface area contributed by atoms with Crippen molar-refractivity contribution in [1.29, 1.82) is 0 Å². The lowest BCUT2D eigenvalue weighted by Gasteiger charge is -2.25. The number of rotatable bonds is 5. The van der Waals surface area contributed by atoms with Gasteiger partial charge in [-0.05, 0) is 25.8 Å². The van der Waals surface area contributed by atoms with E-state index in [-0.39, 0.29) is 5.78 Å². The summed E-state index contributed by atoms with van der Waals surface area (Å²) in [7, 11) is 0. The molecule has 82 valence electrons. The van der Waals surface area contributed by atoms with Gasteiger partial charge >= 0.3 is 0 Å². The van der Waals surface area contributed by atoms with Crippen LogP contribution in [0.3, 0.4) is 0 Å². The average Bonchev–Trinajstić information content (AvgIpc) is 2.27. The zero-order chi connectivity index (χ0) is 11.3. The van der Waals surface area contributed by atoms with Gasteiger partial charge in [0.2, 0.25) is 0 Å². The molecule has 0 bridgehead atoms. The highest BCUT2D eigenvalue weighted by atomic mass is 16.5. The van der Waals surface area contributed by atoms with Gasteiger partial charge in [-0.2, -0.15) is 0 Å². The van der Waals surface area contributed by atoms with E-state index in [2.05, 4.69) is 0 Å². The third kappa shape index (κ3) is 3.17. The molecule has 0 heterocycles. The molecule has 1 rings (SSSR count). The average molecular weight is 206 g/mol. The maximum Gasteiger partial charge on any atom is 0.161 e. The Morgan fingerprint density at radius 1 is 1.33 bits per heavy atom. The predicted octanol–water partition coefficient (Wildman–Crippen LogP) is 2.96. The van der Waals surface area contributed by atoms with Crippen molar-refractivity contribution in [1.82, 2.24) is 0 Å². The molecule has 1 atom stereocenters. The van der Waals surface area contributed by atoms with Crippen LogP contribution in [0.2, 0.25) is 0 Å². The summed E-state index contributed by atoms with van der Waals surface area (Å²) in [5, 5.41) is 0. The summed E-state index contributed by atoms with van der Waals surface area (Å²) in [6.07, 6.45) is 0.704. The molecule has 0 fully saturated rings. The molecule has 2 heteroatoms. The van der Waals surface area contributed by atoms with E-state index < -0.39 is 5.60 Å². The Morgan fingerprint density at radius 2 is 1.93 bits per heavy atom. The molecule has 15 heavy (non-hydrogen) atoms. The topological polar surface area (TPSA) is 26.3 Å². The summed E-state index contributed by atoms with van der Waals surface area (Å²) < 4.78 is 5.68. The fourth-order valence-electron chi connectivity index (χ4n) is 1.27. The quantitative estimate of drug-likeness (QED) is 0.740. The van der Waals surface area contributed by atoms with Crippen LogP contribution in [0.15, 0.2) is 30.3 Å². The minimum atomic E-state index is -0.643. The molecule has 0 radical (unpaired) electrons. The number of ketones is 1. The second-order valence-electron chi connectivity index (χ2n) is 3.91. The van der Waals surface area contributed by atoms with Gasteiger partial charge in [0.1, 0.15) is 5.60 Å². The minimum absolute atomic E-state index is 0.0842. The first-order chi connectivity index (χ1) is 7.08. The van der Waals surface area contributed by atoms with E-state index in [1.54, 1.807) is 6.92 Å². The van der Waals surface area contributed by atoms with Gasteiger partial charge in [-0.1, -0.05) is 37.3 Å². The van der Waals surface area contributed by atoms with E-state index in [0.717, 1.165) is 5.56 Å². The van der Waals surface area contributed by atoms with Crippen molar-refractivity contribution >= 4 is 5.78 Å². The van der Waals surface area contributed by atoms with Crippen molar-refractivity contribution in [3.8, 4) is 0 Å². The number of benzene rings is 1. The Morgan fingerprint density at radius 3 is 2.40 bits per heavy atom. The van der Waals surface area contributed by atoms with Gasteiger partial charge in [-0.25, -0.2) is 0 Å². The molecule has 0 aliphatic heterocycles. The highest BCUT2D eigenvalue weighted by Crippen LogP contribution is 2.18. The molecule has 1 aromatic carbocycles. The summed E-state index contributed by atoms with van der Waals surface area (Å²) in [5.74, 6) is 0.0842. The van der Waals surface area contributed by atoms with Gasteiger partial charge in [0.05, 0.1) is 6.61 Å². The maximum absolute atomic E-state index is 11.4. The van der Waals surface area contributed by atoms with E-state index in [1.807, 2.05) is 44.2 Å². The fourth-order valence-corrected chi connectivity index (χ4v) is 1.27. The largest absolute Gasteiger partial charge is 0.363 e. The number of hydrogen-bond acceptors (Lipinski definition) is 2. The summed E-state index contributed by atoms with van der Waals surface area (Å²) >= 11 is 0. The minimum Gasteiger partial charge on any atom is -0.363 e. The number of carbonyl (C=O) groups is 1. The van der Waals surface area contributed by atoms with Gasteiger partial charge in [-0.15, -0.1) is 0 Å². The van der Waals surface area contributed by atoms with Crippen molar-refractivity contribution in [3.63, 3.8) is 0 Å². The second kappa shape index (κ2) is 5.08. The Labute approximate surface area is 91.3 Å². The number of ether oxygens (including phenoxy) is 1. The normalized spacial score (nSPS) is 14.6. The predicted molar refractivity (Wildman–Crippen MR) is 60.6 cm³/mol. The van der Waals surface area contributed by atoms with Gasteiger partial charge < -0.3 is 4.74 Å². The number of Topliss-reactive ketones (excluding diaryl/α,β-unsaturated/α-hetero) is 1. The monoisotopic (exact) mass is 206 g/mol. The van der Waals surface area contributed by atoms with Crippen LogP contribution in [0, 0.1) is 0 Å². The van der Waals surface area contributed by atoms with Crippen molar-refractivity contribution in [2.45, 2.75) is 39.4 Å². The van der Waals surface area contributed by atoms with Crippen molar-refractivity contribution in [3.05, 3.63) is 35.9 Å². The van der Waals surface area contributed by atoms with E-state index in [4.69, 9.17) is 4.74 Å². The molecule has 0 aliphatic rings. The van der Waals surface area contributed by atoms with E-state index in [1.165, 1.54) is 0 Å². The maximum atomic E-state index is 11.4. The van der Waals surface area contributed by atoms with E-state index in [9.17, 15) is 4.79 Å². The molecule has 2 nitrogen and oxygen atoms in total. The lowest BCUT2D eigenvalue weighted by molar-refractivity contribution is -0.142. The summed E-state index contributed by atoms with van der Waals surface area (Å²) in [4.78, 5) is 11.4. The third-order valence-corrected chi connectivity index (χ3v) is 2.82. The Hall–Kier alpha value is -1.15. The highest BCUT2D eigenvalue weighted by molar-refractivity contribution is 5.84. The molecule has 1 aromatic rings. The Kier molecular flexibility index (Phi) is 4.04. The first kappa shape index (κ1) is 11.9. The molecule has 0 aliphatic carbocycles. The van der Waals surface area contributed by atoms with Gasteiger partial charge in [0.25, 0.3) is 0 Å². The van der Waals surface area contributed by atoms with E-state index in [0.29, 0.717) is 13.0 Å². The smallest absolute Gasteiger partial charge is 0.161 e. The molecule has 0 spiro atoms. The van der Waals surface area contributed by atoms with Crippen LogP contribution in [0.4, 0.5) is 0 Å². The van der Waals surface area contributed by atoms with Crippen LogP contribution in [0.25, 0.3) is 0 Å². The van der Waals surface area contributed by atoms with Crippen molar-refractivity contribution in [2.75, 3.05) is 0 Å². The van der Waals surface area contributed by atoms with Crippen molar-refractivity contribution in [2.24, 2.45) is 0 Å². The van der Waals surface area contributed by atoms with Crippen LogP contribution in [-0.4, -0.2) is 11.4 Å².